The van der Waals surface area contributed by atoms with Gasteiger partial charge in [-0.2, -0.15) is 0 Å². The molecule has 0 aliphatic rings. The molecule has 0 fully saturated rings. The van der Waals surface area contributed by atoms with E-state index in [1.807, 2.05) is 13.0 Å². The molecule has 0 aliphatic carbocycles. The molecule has 0 unspecified atom stereocenters. The van der Waals surface area contributed by atoms with Gasteiger partial charge in [-0.25, -0.2) is 0 Å². The summed E-state index contributed by atoms with van der Waals surface area (Å²) in [6.45, 7) is 5.55. The molecule has 0 saturated heterocycles. The van der Waals surface area contributed by atoms with Crippen molar-refractivity contribution in [1.29, 1.82) is 5.41 Å². The third kappa shape index (κ3) is 3.24. The van der Waals surface area contributed by atoms with Gasteiger partial charge in [-0.05, 0) is 30.9 Å². The molecule has 1 N–H and O–H groups in total. The van der Waals surface area contributed by atoms with Gasteiger partial charge in [0.15, 0.2) is 0 Å². The molecule has 0 aliphatic heterocycles. The van der Waals surface area contributed by atoms with Gasteiger partial charge >= 0.3 is 0 Å². The highest BCUT2D eigenvalue weighted by molar-refractivity contribution is 5.78. The van der Waals surface area contributed by atoms with Crippen LogP contribution < -0.4 is 0 Å². The summed E-state index contributed by atoms with van der Waals surface area (Å²) >= 11 is 0. The number of aryl methyl sites for hydroxylation is 1. The summed E-state index contributed by atoms with van der Waals surface area (Å²) in [5, 5.41) is 7.31. The van der Waals surface area contributed by atoms with E-state index >= 15 is 0 Å². The number of rotatable bonds is 4. The van der Waals surface area contributed by atoms with E-state index in [1.54, 1.807) is 0 Å². The molecule has 0 spiro atoms. The van der Waals surface area contributed by atoms with Crippen molar-refractivity contribution in [1.82, 2.24) is 0 Å². The van der Waals surface area contributed by atoms with Crippen molar-refractivity contribution in [3.05, 3.63) is 42.0 Å². The molecule has 0 bridgehead atoms. The van der Waals surface area contributed by atoms with Crippen LogP contribution >= 0.6 is 0 Å². The number of hydrogen-bond donors (Lipinski definition) is 1. The van der Waals surface area contributed by atoms with Gasteiger partial charge in [-0.3, -0.25) is 0 Å². The maximum Gasteiger partial charge on any atom is 0.00615 e. The Morgan fingerprint density at radius 3 is 2.46 bits per heavy atom. The largest absolute Gasteiger partial charge is 0.310 e. The van der Waals surface area contributed by atoms with E-state index in [9.17, 15) is 0 Å². The first-order chi connectivity index (χ1) is 6.22. The first kappa shape index (κ1) is 9.72. The summed E-state index contributed by atoms with van der Waals surface area (Å²) in [4.78, 5) is 0. The Bertz CT molecular complexity index is 295. The maximum absolute atomic E-state index is 7.31. The minimum atomic E-state index is 0.743. The summed E-state index contributed by atoms with van der Waals surface area (Å²) in [5.41, 5.74) is 3.18. The standard InChI is InChI=1S/C12H15N/c1-3-11-6-8-12(9-7-11)5-4-10(2)13/h3,6-9,13H,1,4-5H2,2H3. The van der Waals surface area contributed by atoms with Gasteiger partial charge < -0.3 is 5.41 Å². The zero-order valence-electron chi connectivity index (χ0n) is 8.01. The molecule has 1 aromatic carbocycles. The van der Waals surface area contributed by atoms with Crippen molar-refractivity contribution < 1.29 is 0 Å². The Kier molecular flexibility index (Phi) is 3.44. The van der Waals surface area contributed by atoms with Crippen LogP contribution in [-0.2, 0) is 6.42 Å². The molecule has 0 aromatic heterocycles. The van der Waals surface area contributed by atoms with E-state index < -0.39 is 0 Å². The van der Waals surface area contributed by atoms with Gasteiger partial charge in [-0.15, -0.1) is 0 Å². The minimum Gasteiger partial charge on any atom is -0.310 e. The molecule has 68 valence electrons. The SMILES string of the molecule is C=Cc1ccc(CCC(C)=N)cc1. The molecule has 1 heteroatoms. The third-order valence-corrected chi connectivity index (χ3v) is 2.00. The van der Waals surface area contributed by atoms with Crippen LogP contribution in [0.4, 0.5) is 0 Å². The normalized spacial score (nSPS) is 9.62. The average Bonchev–Trinajstić information content (AvgIpc) is 2.15. The monoisotopic (exact) mass is 173 g/mol. The van der Waals surface area contributed by atoms with Crippen molar-refractivity contribution in [2.45, 2.75) is 19.8 Å². The van der Waals surface area contributed by atoms with Crippen LogP contribution in [0, 0.1) is 5.41 Å². The quantitative estimate of drug-likeness (QED) is 0.675. The van der Waals surface area contributed by atoms with Gasteiger partial charge in [-0.1, -0.05) is 36.9 Å². The highest BCUT2D eigenvalue weighted by Gasteiger charge is 1.93. The lowest BCUT2D eigenvalue weighted by molar-refractivity contribution is 1.02. The Labute approximate surface area is 79.6 Å². The van der Waals surface area contributed by atoms with Crippen molar-refractivity contribution in [2.75, 3.05) is 0 Å². The van der Waals surface area contributed by atoms with Crippen LogP contribution in [0.1, 0.15) is 24.5 Å². The molecule has 0 radical (unpaired) electrons. The summed E-state index contributed by atoms with van der Waals surface area (Å²) in [6, 6.07) is 8.31. The van der Waals surface area contributed by atoms with Gasteiger partial charge in [0.05, 0.1) is 0 Å². The number of benzene rings is 1. The van der Waals surface area contributed by atoms with E-state index in [0.29, 0.717) is 0 Å². The second-order valence-electron chi connectivity index (χ2n) is 3.23. The molecule has 0 heterocycles. The first-order valence-electron chi connectivity index (χ1n) is 4.48. The van der Waals surface area contributed by atoms with E-state index in [-0.39, 0.29) is 0 Å². The van der Waals surface area contributed by atoms with E-state index in [1.165, 1.54) is 5.56 Å². The Morgan fingerprint density at radius 1 is 1.38 bits per heavy atom. The van der Waals surface area contributed by atoms with Gasteiger partial charge in [0, 0.05) is 5.71 Å². The fourth-order valence-electron chi connectivity index (χ4n) is 1.15. The van der Waals surface area contributed by atoms with Crippen LogP contribution in [0.3, 0.4) is 0 Å². The van der Waals surface area contributed by atoms with Crippen molar-refractivity contribution in [2.24, 2.45) is 0 Å². The van der Waals surface area contributed by atoms with Crippen LogP contribution in [0.5, 0.6) is 0 Å². The fourth-order valence-corrected chi connectivity index (χ4v) is 1.15. The third-order valence-electron chi connectivity index (χ3n) is 2.00. The fraction of sp³-hybridized carbons (Fsp3) is 0.250. The lowest BCUT2D eigenvalue weighted by Crippen LogP contribution is -1.92. The Morgan fingerprint density at radius 2 is 2.00 bits per heavy atom. The van der Waals surface area contributed by atoms with Gasteiger partial charge in [0.2, 0.25) is 0 Å². The zero-order valence-corrected chi connectivity index (χ0v) is 8.01. The molecule has 1 aromatic rings. The lowest BCUT2D eigenvalue weighted by Gasteiger charge is -2.00. The van der Waals surface area contributed by atoms with E-state index in [0.717, 1.165) is 24.1 Å². The van der Waals surface area contributed by atoms with Crippen LogP contribution in [-0.4, -0.2) is 5.71 Å². The summed E-state index contributed by atoms with van der Waals surface area (Å²) in [7, 11) is 0. The minimum absolute atomic E-state index is 0.743. The predicted octanol–water partition coefficient (Wildman–Crippen LogP) is 3.30. The highest BCUT2D eigenvalue weighted by atomic mass is 14.4. The second-order valence-corrected chi connectivity index (χ2v) is 3.23. The summed E-state index contributed by atoms with van der Waals surface area (Å²) in [6.07, 6.45) is 3.66. The molecule has 1 rings (SSSR count). The average molecular weight is 173 g/mol. The van der Waals surface area contributed by atoms with Crippen molar-refractivity contribution in [3.8, 4) is 0 Å². The summed E-state index contributed by atoms with van der Waals surface area (Å²) in [5.74, 6) is 0. The van der Waals surface area contributed by atoms with Crippen molar-refractivity contribution >= 4 is 11.8 Å². The van der Waals surface area contributed by atoms with Gasteiger partial charge in [0.25, 0.3) is 0 Å². The number of hydrogen-bond acceptors (Lipinski definition) is 1. The lowest BCUT2D eigenvalue weighted by atomic mass is 10.1. The van der Waals surface area contributed by atoms with E-state index in [4.69, 9.17) is 5.41 Å². The van der Waals surface area contributed by atoms with Crippen LogP contribution in [0.25, 0.3) is 6.08 Å². The molecule has 13 heavy (non-hydrogen) atoms. The van der Waals surface area contributed by atoms with Crippen LogP contribution in [0.15, 0.2) is 30.8 Å². The molecule has 1 nitrogen and oxygen atoms in total. The van der Waals surface area contributed by atoms with Gasteiger partial charge in [0.1, 0.15) is 0 Å². The zero-order chi connectivity index (χ0) is 9.68. The maximum atomic E-state index is 7.31. The molecule has 0 saturated carbocycles. The predicted molar refractivity (Wildman–Crippen MR) is 58.3 cm³/mol. The molecule has 0 amide bonds. The Hall–Kier alpha value is -1.37. The summed E-state index contributed by atoms with van der Waals surface area (Å²) < 4.78 is 0. The molecular weight excluding hydrogens is 158 g/mol. The highest BCUT2D eigenvalue weighted by Crippen LogP contribution is 2.07. The van der Waals surface area contributed by atoms with Crippen molar-refractivity contribution in [3.63, 3.8) is 0 Å². The molecular formula is C12H15N. The second kappa shape index (κ2) is 4.61. The Balaban J connectivity index is 2.59. The van der Waals surface area contributed by atoms with Crippen LogP contribution in [0.2, 0.25) is 0 Å². The smallest absolute Gasteiger partial charge is 0.00615 e. The number of nitrogens with one attached hydrogen (secondary N) is 1. The van der Waals surface area contributed by atoms with E-state index in [2.05, 4.69) is 30.8 Å². The topological polar surface area (TPSA) is 23.9 Å². The first-order valence-corrected chi connectivity index (χ1v) is 4.48. The molecule has 0 atom stereocenters.